The first kappa shape index (κ1) is 18.2. The Morgan fingerprint density at radius 3 is 2.36 bits per heavy atom. The zero-order chi connectivity index (χ0) is 16.8. The van der Waals surface area contributed by atoms with E-state index in [2.05, 4.69) is 12.6 Å². The summed E-state index contributed by atoms with van der Waals surface area (Å²) in [6, 6.07) is 7.72. The summed E-state index contributed by atoms with van der Waals surface area (Å²) in [6.45, 7) is 1.29. The number of imide groups is 1. The van der Waals surface area contributed by atoms with Gasteiger partial charge in [0.1, 0.15) is 6.61 Å². The molecule has 22 heavy (non-hydrogen) atoms. The van der Waals surface area contributed by atoms with E-state index in [0.29, 0.717) is 0 Å². The third-order valence-electron chi connectivity index (χ3n) is 3.56. The van der Waals surface area contributed by atoms with E-state index in [9.17, 15) is 19.5 Å². The molecular formula is C15H20NO5S+. The van der Waals surface area contributed by atoms with E-state index in [1.807, 2.05) is 6.07 Å². The van der Waals surface area contributed by atoms with Gasteiger partial charge in [-0.3, -0.25) is 0 Å². The van der Waals surface area contributed by atoms with E-state index in [0.717, 1.165) is 5.56 Å². The van der Waals surface area contributed by atoms with Crippen molar-refractivity contribution < 1.29 is 28.7 Å². The molecule has 1 aromatic carbocycles. The molecule has 0 heterocycles. The zero-order valence-electron chi connectivity index (χ0n) is 12.6. The predicted octanol–water partition coefficient (Wildman–Crippen LogP) is 2.09. The number of ether oxygens (including phenoxy) is 1. The van der Waals surface area contributed by atoms with Crippen molar-refractivity contribution in [1.82, 2.24) is 0 Å². The van der Waals surface area contributed by atoms with Crippen LogP contribution in [0.5, 0.6) is 0 Å². The summed E-state index contributed by atoms with van der Waals surface area (Å²) < 4.78 is 4.21. The van der Waals surface area contributed by atoms with Gasteiger partial charge in [-0.1, -0.05) is 30.3 Å². The molecule has 2 atom stereocenters. The molecule has 0 saturated carbocycles. The number of rotatable bonds is 6. The maximum absolute atomic E-state index is 12.3. The molecule has 0 radical (unpaired) electrons. The summed E-state index contributed by atoms with van der Waals surface area (Å²) in [5.74, 6) is -1.56. The van der Waals surface area contributed by atoms with E-state index < -0.39 is 28.5 Å². The van der Waals surface area contributed by atoms with Crippen molar-refractivity contribution in [2.45, 2.75) is 26.0 Å². The van der Waals surface area contributed by atoms with E-state index in [1.165, 1.54) is 14.0 Å². The molecule has 6 nitrogen and oxygen atoms in total. The minimum absolute atomic E-state index is 0.0162. The molecule has 0 bridgehead atoms. The lowest BCUT2D eigenvalue weighted by atomic mass is 10.2. The number of thiol groups is 1. The van der Waals surface area contributed by atoms with Crippen molar-refractivity contribution in [3.63, 3.8) is 0 Å². The van der Waals surface area contributed by atoms with Crippen molar-refractivity contribution in [3.8, 4) is 0 Å². The monoisotopic (exact) mass is 326 g/mol. The molecule has 120 valence electrons. The van der Waals surface area contributed by atoms with Gasteiger partial charge in [-0.2, -0.15) is 21.9 Å². The lowest BCUT2D eigenvalue weighted by Crippen LogP contribution is -2.62. The number of aliphatic carboxylic acids is 1. The summed E-state index contributed by atoms with van der Waals surface area (Å²) in [4.78, 5) is 35.8. The molecule has 7 heteroatoms. The van der Waals surface area contributed by atoms with Crippen molar-refractivity contribution in [2.24, 2.45) is 0 Å². The standard InChI is InChI=1S/C15H19NO5S/c1-11(14(18)19)16(2,13(17)8-9-22)15(20)21-10-12-6-4-3-5-7-12/h3-7,11H,8-10H2,1-2H3,(H-,18,19,22)/p+1/t11-,16?/m0/s1. The molecule has 1 unspecified atom stereocenters. The van der Waals surface area contributed by atoms with Crippen molar-refractivity contribution in [3.05, 3.63) is 35.9 Å². The van der Waals surface area contributed by atoms with Crippen LogP contribution in [0.4, 0.5) is 4.79 Å². The number of carboxylic acid groups (broad SMARTS) is 1. The van der Waals surface area contributed by atoms with E-state index in [4.69, 9.17) is 4.74 Å². The van der Waals surface area contributed by atoms with Crippen molar-refractivity contribution in [1.29, 1.82) is 0 Å². The number of carboxylic acids is 1. The van der Waals surface area contributed by atoms with Gasteiger partial charge in [-0.15, -0.1) is 0 Å². The summed E-state index contributed by atoms with van der Waals surface area (Å²) in [5, 5.41) is 9.17. The SMILES string of the molecule is C[C@@H](C(=O)O)[N+](C)(C(=O)CCS)C(=O)OCc1ccccc1. The number of amides is 2. The van der Waals surface area contributed by atoms with Crippen LogP contribution < -0.4 is 0 Å². The van der Waals surface area contributed by atoms with Gasteiger partial charge in [0.25, 0.3) is 0 Å². The lowest BCUT2D eigenvalue weighted by molar-refractivity contribution is -0.778. The van der Waals surface area contributed by atoms with Gasteiger partial charge in [0.15, 0.2) is 0 Å². The van der Waals surface area contributed by atoms with Gasteiger partial charge >= 0.3 is 18.0 Å². The topological polar surface area (TPSA) is 80.7 Å². The van der Waals surface area contributed by atoms with Gasteiger partial charge in [0.05, 0.1) is 13.5 Å². The maximum Gasteiger partial charge on any atom is 0.524 e. The van der Waals surface area contributed by atoms with Gasteiger partial charge in [0.2, 0.25) is 6.04 Å². The predicted molar refractivity (Wildman–Crippen MR) is 83.4 cm³/mol. The quantitative estimate of drug-likeness (QED) is 0.618. The van der Waals surface area contributed by atoms with E-state index >= 15 is 0 Å². The summed E-state index contributed by atoms with van der Waals surface area (Å²) in [5.41, 5.74) is 0.757. The van der Waals surface area contributed by atoms with Crippen molar-refractivity contribution >= 4 is 30.6 Å². The maximum atomic E-state index is 12.3. The fraction of sp³-hybridized carbons (Fsp3) is 0.400. The normalized spacial score (nSPS) is 14.7. The van der Waals surface area contributed by atoms with Crippen LogP contribution in [-0.2, 0) is 20.9 Å². The highest BCUT2D eigenvalue weighted by molar-refractivity contribution is 7.80. The minimum Gasteiger partial charge on any atom is -0.477 e. The second-order valence-corrected chi connectivity index (χ2v) is 5.44. The Hall–Kier alpha value is -1.86. The number of carbonyl (C=O) groups excluding carboxylic acids is 2. The van der Waals surface area contributed by atoms with Gasteiger partial charge < -0.3 is 9.84 Å². The largest absolute Gasteiger partial charge is 0.524 e. The fourth-order valence-corrected chi connectivity index (χ4v) is 2.07. The van der Waals surface area contributed by atoms with Crippen LogP contribution in [0, 0.1) is 0 Å². The number of hydrogen-bond donors (Lipinski definition) is 2. The number of hydrogen-bond acceptors (Lipinski definition) is 5. The first-order valence-corrected chi connectivity index (χ1v) is 7.41. The second kappa shape index (κ2) is 7.95. The highest BCUT2D eigenvalue weighted by Gasteiger charge is 2.49. The van der Waals surface area contributed by atoms with Crippen LogP contribution in [0.3, 0.4) is 0 Å². The number of quaternary nitrogens is 1. The Morgan fingerprint density at radius 1 is 1.27 bits per heavy atom. The van der Waals surface area contributed by atoms with Crippen LogP contribution in [-0.4, -0.2) is 46.4 Å². The Balaban J connectivity index is 2.93. The number of nitrogens with zero attached hydrogens (tertiary/aromatic N) is 1. The Morgan fingerprint density at radius 2 is 1.86 bits per heavy atom. The first-order valence-electron chi connectivity index (χ1n) is 6.78. The van der Waals surface area contributed by atoms with Crippen LogP contribution in [0.2, 0.25) is 0 Å². The molecule has 1 aromatic rings. The molecule has 0 fully saturated rings. The molecule has 0 aliphatic heterocycles. The summed E-state index contributed by atoms with van der Waals surface area (Å²) >= 11 is 3.96. The molecule has 0 aliphatic rings. The average Bonchev–Trinajstić information content (AvgIpc) is 2.52. The molecule has 0 aromatic heterocycles. The Labute approximate surface area is 134 Å². The third-order valence-corrected chi connectivity index (χ3v) is 3.78. The van der Waals surface area contributed by atoms with Crippen LogP contribution in [0.1, 0.15) is 18.9 Å². The van der Waals surface area contributed by atoms with Crippen LogP contribution in [0.25, 0.3) is 0 Å². The Kier molecular flexibility index (Phi) is 6.58. The van der Waals surface area contributed by atoms with Crippen LogP contribution >= 0.6 is 12.6 Å². The molecule has 0 saturated heterocycles. The van der Waals surface area contributed by atoms with E-state index in [-0.39, 0.29) is 18.8 Å². The second-order valence-electron chi connectivity index (χ2n) is 5.00. The average molecular weight is 326 g/mol. The molecule has 1 N–H and O–H groups in total. The number of likely N-dealkylation sites (N-methyl/N-ethyl adjacent to an activating group) is 1. The molecule has 0 spiro atoms. The molecular weight excluding hydrogens is 306 g/mol. The highest BCUT2D eigenvalue weighted by Crippen LogP contribution is 2.18. The van der Waals surface area contributed by atoms with Gasteiger partial charge in [-0.05, 0) is 5.56 Å². The lowest BCUT2D eigenvalue weighted by Gasteiger charge is -2.30. The smallest absolute Gasteiger partial charge is 0.477 e. The molecule has 1 rings (SSSR count). The van der Waals surface area contributed by atoms with Gasteiger partial charge in [0, 0.05) is 12.7 Å². The first-order chi connectivity index (χ1) is 10.3. The van der Waals surface area contributed by atoms with Gasteiger partial charge in [-0.25, -0.2) is 9.59 Å². The van der Waals surface area contributed by atoms with Crippen molar-refractivity contribution in [2.75, 3.05) is 12.8 Å². The molecule has 0 aliphatic carbocycles. The highest BCUT2D eigenvalue weighted by atomic mass is 32.1. The summed E-state index contributed by atoms with van der Waals surface area (Å²) in [7, 11) is 1.26. The minimum atomic E-state index is -1.24. The summed E-state index contributed by atoms with van der Waals surface area (Å²) in [6.07, 6.45) is -0.900. The van der Waals surface area contributed by atoms with E-state index in [1.54, 1.807) is 24.3 Å². The fourth-order valence-electron chi connectivity index (χ4n) is 1.88. The van der Waals surface area contributed by atoms with Crippen LogP contribution in [0.15, 0.2) is 30.3 Å². The molecule has 2 amide bonds. The third kappa shape index (κ3) is 4.08. The zero-order valence-corrected chi connectivity index (χ0v) is 13.5. The number of carbonyl (C=O) groups is 3. The number of benzene rings is 1. The Bertz CT molecular complexity index is 548.